The molecule has 0 aliphatic carbocycles. The van der Waals surface area contributed by atoms with Gasteiger partial charge in [-0.25, -0.2) is 4.79 Å². The summed E-state index contributed by atoms with van der Waals surface area (Å²) in [6, 6.07) is 4.56. The van der Waals surface area contributed by atoms with Gasteiger partial charge in [0, 0.05) is 18.7 Å². The Morgan fingerprint density at radius 2 is 2.00 bits per heavy atom. The van der Waals surface area contributed by atoms with Crippen molar-refractivity contribution in [3.8, 4) is 11.3 Å². The fraction of sp³-hybridized carbons (Fsp3) is 0.214. The van der Waals surface area contributed by atoms with Crippen LogP contribution in [0.2, 0.25) is 5.02 Å². The summed E-state index contributed by atoms with van der Waals surface area (Å²) in [5.41, 5.74) is -1.97. The maximum absolute atomic E-state index is 12.8. The fourth-order valence-electron chi connectivity index (χ4n) is 1.93. The predicted molar refractivity (Wildman–Crippen MR) is 81.0 cm³/mol. The van der Waals surface area contributed by atoms with E-state index in [1.54, 1.807) is 0 Å². The van der Waals surface area contributed by atoms with Crippen LogP contribution in [0.4, 0.5) is 23.7 Å². The van der Waals surface area contributed by atoms with Crippen molar-refractivity contribution >= 4 is 23.4 Å². The summed E-state index contributed by atoms with van der Waals surface area (Å²) in [6.45, 7) is 0. The molecule has 0 saturated carbocycles. The van der Waals surface area contributed by atoms with Crippen LogP contribution in [-0.4, -0.2) is 23.0 Å². The number of aromatic nitrogens is 2. The Morgan fingerprint density at radius 1 is 1.33 bits per heavy atom. The standard InChI is InChI=1S/C14H11ClF3N3O3/c1-21-11(14(16,17)18)6-10(22)12(20-21)7-3-4-8(15)9(5-7)19-13(23)24-2/h3-6H,1-2H3,(H,19,23). The van der Waals surface area contributed by atoms with Crippen LogP contribution in [0, 0.1) is 0 Å². The number of hydrogen-bond donors (Lipinski definition) is 1. The number of methoxy groups -OCH3 is 1. The maximum atomic E-state index is 12.8. The molecule has 0 spiro atoms. The lowest BCUT2D eigenvalue weighted by Crippen LogP contribution is -2.22. The molecule has 0 atom stereocenters. The Kier molecular flexibility index (Phi) is 4.83. The van der Waals surface area contributed by atoms with E-state index in [9.17, 15) is 22.8 Å². The Bertz CT molecular complexity index is 849. The van der Waals surface area contributed by atoms with Gasteiger partial charge in [-0.1, -0.05) is 17.7 Å². The molecule has 1 aromatic heterocycles. The lowest BCUT2D eigenvalue weighted by molar-refractivity contribution is -0.144. The number of alkyl halides is 3. The monoisotopic (exact) mass is 361 g/mol. The second-order valence-corrected chi connectivity index (χ2v) is 5.08. The van der Waals surface area contributed by atoms with E-state index in [0.29, 0.717) is 10.7 Å². The van der Waals surface area contributed by atoms with Gasteiger partial charge in [0.25, 0.3) is 0 Å². The van der Waals surface area contributed by atoms with Crippen molar-refractivity contribution in [2.75, 3.05) is 12.4 Å². The van der Waals surface area contributed by atoms with Crippen LogP contribution in [0.15, 0.2) is 29.1 Å². The Hall–Kier alpha value is -2.55. The summed E-state index contributed by atoms with van der Waals surface area (Å²) in [5, 5.41) is 6.17. The molecule has 0 aliphatic heterocycles. The fourth-order valence-corrected chi connectivity index (χ4v) is 2.10. The lowest BCUT2D eigenvalue weighted by atomic mass is 10.1. The van der Waals surface area contributed by atoms with Crippen LogP contribution in [0.3, 0.4) is 0 Å². The zero-order valence-corrected chi connectivity index (χ0v) is 13.2. The van der Waals surface area contributed by atoms with E-state index in [-0.39, 0.29) is 22.0 Å². The van der Waals surface area contributed by atoms with Crippen LogP contribution in [0.25, 0.3) is 11.3 Å². The highest BCUT2D eigenvalue weighted by Gasteiger charge is 2.34. The Labute approximate surface area is 138 Å². The van der Waals surface area contributed by atoms with E-state index in [1.807, 2.05) is 0 Å². The van der Waals surface area contributed by atoms with Gasteiger partial charge in [-0.2, -0.15) is 18.3 Å². The number of aryl methyl sites for hydroxylation is 1. The lowest BCUT2D eigenvalue weighted by Gasteiger charge is -2.13. The number of hydrogen-bond acceptors (Lipinski definition) is 4. The van der Waals surface area contributed by atoms with E-state index in [1.165, 1.54) is 18.2 Å². The van der Waals surface area contributed by atoms with Crippen LogP contribution in [0.1, 0.15) is 5.69 Å². The quantitative estimate of drug-likeness (QED) is 0.890. The molecule has 0 bridgehead atoms. The van der Waals surface area contributed by atoms with Gasteiger partial charge < -0.3 is 4.74 Å². The van der Waals surface area contributed by atoms with E-state index in [0.717, 1.165) is 14.2 Å². The summed E-state index contributed by atoms with van der Waals surface area (Å²) in [4.78, 5) is 23.3. The SMILES string of the molecule is COC(=O)Nc1cc(-c2nn(C)c(C(F)(F)F)cc2=O)ccc1Cl. The number of amides is 1. The highest BCUT2D eigenvalue weighted by atomic mass is 35.5. The molecule has 0 radical (unpaired) electrons. The third-order valence-corrected chi connectivity index (χ3v) is 3.38. The average molecular weight is 362 g/mol. The van der Waals surface area contributed by atoms with Gasteiger partial charge in [0.15, 0.2) is 0 Å². The zero-order valence-electron chi connectivity index (χ0n) is 12.4. The van der Waals surface area contributed by atoms with Gasteiger partial charge in [-0.15, -0.1) is 0 Å². The molecule has 1 heterocycles. The summed E-state index contributed by atoms with van der Waals surface area (Å²) >= 11 is 5.92. The zero-order chi connectivity index (χ0) is 18.1. The van der Waals surface area contributed by atoms with Crippen molar-refractivity contribution in [3.63, 3.8) is 0 Å². The van der Waals surface area contributed by atoms with Crippen LogP contribution >= 0.6 is 11.6 Å². The van der Waals surface area contributed by atoms with Crippen molar-refractivity contribution in [1.82, 2.24) is 9.78 Å². The first-order valence-electron chi connectivity index (χ1n) is 6.44. The summed E-state index contributed by atoms with van der Waals surface area (Å²) < 4.78 is 43.4. The summed E-state index contributed by atoms with van der Waals surface area (Å²) in [5.74, 6) is 0. The summed E-state index contributed by atoms with van der Waals surface area (Å²) in [7, 11) is 2.23. The number of anilines is 1. The van der Waals surface area contributed by atoms with Crippen LogP contribution in [0.5, 0.6) is 0 Å². The number of carbonyl (C=O) groups excluding carboxylic acids is 1. The average Bonchev–Trinajstić information content (AvgIpc) is 2.50. The maximum Gasteiger partial charge on any atom is 0.433 e. The molecule has 0 aliphatic rings. The minimum atomic E-state index is -4.70. The number of nitrogens with zero attached hydrogens (tertiary/aromatic N) is 2. The molecule has 1 N–H and O–H groups in total. The van der Waals surface area contributed by atoms with Crippen molar-refractivity contribution in [2.45, 2.75) is 6.18 Å². The second-order valence-electron chi connectivity index (χ2n) is 4.68. The molecule has 0 unspecified atom stereocenters. The minimum Gasteiger partial charge on any atom is -0.453 e. The molecular formula is C14H11ClF3N3O3. The van der Waals surface area contributed by atoms with Gasteiger partial charge in [-0.3, -0.25) is 14.8 Å². The molecule has 128 valence electrons. The first-order valence-corrected chi connectivity index (χ1v) is 6.81. The van der Waals surface area contributed by atoms with E-state index < -0.39 is 23.4 Å². The van der Waals surface area contributed by atoms with Gasteiger partial charge in [0.2, 0.25) is 5.43 Å². The predicted octanol–water partition coefficient (Wildman–Crippen LogP) is 3.30. The molecule has 0 fully saturated rings. The number of carbonyl (C=O) groups is 1. The molecule has 1 aromatic carbocycles. The van der Waals surface area contributed by atoms with Crippen LogP contribution < -0.4 is 10.7 Å². The molecule has 2 aromatic rings. The first kappa shape index (κ1) is 17.8. The van der Waals surface area contributed by atoms with E-state index >= 15 is 0 Å². The third-order valence-electron chi connectivity index (χ3n) is 3.05. The third kappa shape index (κ3) is 3.67. The molecule has 0 saturated heterocycles. The molecule has 6 nitrogen and oxygen atoms in total. The van der Waals surface area contributed by atoms with Gasteiger partial charge in [0.05, 0.1) is 17.8 Å². The van der Waals surface area contributed by atoms with E-state index in [4.69, 9.17) is 11.6 Å². The number of rotatable bonds is 2. The normalized spacial score (nSPS) is 11.2. The molecule has 1 amide bonds. The topological polar surface area (TPSA) is 73.2 Å². The van der Waals surface area contributed by atoms with Gasteiger partial charge in [0.1, 0.15) is 11.4 Å². The first-order chi connectivity index (χ1) is 11.1. The van der Waals surface area contributed by atoms with Gasteiger partial charge >= 0.3 is 12.3 Å². The van der Waals surface area contributed by atoms with Crippen molar-refractivity contribution < 1.29 is 22.7 Å². The number of nitrogens with one attached hydrogen (secondary N) is 1. The largest absolute Gasteiger partial charge is 0.453 e. The molecule has 24 heavy (non-hydrogen) atoms. The highest BCUT2D eigenvalue weighted by molar-refractivity contribution is 6.33. The molecule has 2 rings (SSSR count). The minimum absolute atomic E-state index is 0.129. The summed E-state index contributed by atoms with van der Waals surface area (Å²) in [6.07, 6.45) is -5.49. The highest BCUT2D eigenvalue weighted by Crippen LogP contribution is 2.30. The van der Waals surface area contributed by atoms with Gasteiger partial charge in [-0.05, 0) is 12.1 Å². The van der Waals surface area contributed by atoms with Crippen molar-refractivity contribution in [1.29, 1.82) is 0 Å². The van der Waals surface area contributed by atoms with Crippen LogP contribution in [-0.2, 0) is 18.0 Å². The van der Waals surface area contributed by atoms with Crippen molar-refractivity contribution in [2.24, 2.45) is 7.05 Å². The van der Waals surface area contributed by atoms with E-state index in [2.05, 4.69) is 15.2 Å². The Balaban J connectivity index is 2.53. The second kappa shape index (κ2) is 6.52. The molecular weight excluding hydrogens is 351 g/mol. The number of halogens is 4. The smallest absolute Gasteiger partial charge is 0.433 e. The number of benzene rings is 1. The number of ether oxygens (including phenoxy) is 1. The molecule has 10 heteroatoms. The van der Waals surface area contributed by atoms with Crippen molar-refractivity contribution in [3.05, 3.63) is 45.2 Å². The Morgan fingerprint density at radius 3 is 2.58 bits per heavy atom.